The van der Waals surface area contributed by atoms with E-state index in [4.69, 9.17) is 4.74 Å². The van der Waals surface area contributed by atoms with Crippen molar-refractivity contribution in [2.24, 2.45) is 11.3 Å². The van der Waals surface area contributed by atoms with Crippen LogP contribution in [0, 0.1) is 11.3 Å². The summed E-state index contributed by atoms with van der Waals surface area (Å²) in [5.74, 6) is -2.38. The first-order valence-corrected chi connectivity index (χ1v) is 21.4. The summed E-state index contributed by atoms with van der Waals surface area (Å²) in [7, 11) is -3.84. The van der Waals surface area contributed by atoms with Gasteiger partial charge in [-0.2, -0.15) is 0 Å². The topological polar surface area (TPSA) is 209 Å². The predicted molar refractivity (Wildman–Crippen MR) is 212 cm³/mol. The second-order valence-electron chi connectivity index (χ2n) is 16.9. The Labute approximate surface area is 335 Å². The van der Waals surface area contributed by atoms with Gasteiger partial charge in [-0.15, -0.1) is 0 Å². The fourth-order valence-corrected chi connectivity index (χ4v) is 9.04. The van der Waals surface area contributed by atoms with Gasteiger partial charge in [0.1, 0.15) is 17.6 Å². The molecule has 15 nitrogen and oxygen atoms in total. The van der Waals surface area contributed by atoms with Gasteiger partial charge in [0.05, 0.1) is 18.4 Å². The van der Waals surface area contributed by atoms with Crippen LogP contribution in [0.1, 0.15) is 116 Å². The second kappa shape index (κ2) is 17.8. The lowest BCUT2D eigenvalue weighted by atomic mass is 9.88. The van der Waals surface area contributed by atoms with Gasteiger partial charge in [0.15, 0.2) is 5.78 Å². The lowest BCUT2D eigenvalue weighted by Crippen LogP contribution is -2.58. The molecule has 57 heavy (non-hydrogen) atoms. The Hall–Kier alpha value is -4.73. The molecule has 4 atom stereocenters. The summed E-state index contributed by atoms with van der Waals surface area (Å²) in [5.41, 5.74) is 1.89. The van der Waals surface area contributed by atoms with E-state index < -0.39 is 68.2 Å². The molecule has 5 rings (SSSR count). The van der Waals surface area contributed by atoms with E-state index in [0.29, 0.717) is 58.0 Å². The van der Waals surface area contributed by atoms with E-state index in [1.165, 1.54) is 15.9 Å². The lowest BCUT2D eigenvalue weighted by Gasteiger charge is -2.30. The maximum absolute atomic E-state index is 14.1. The highest BCUT2D eigenvalue weighted by Crippen LogP contribution is 2.47. The summed E-state index contributed by atoms with van der Waals surface area (Å²) >= 11 is 0. The van der Waals surface area contributed by atoms with Crippen molar-refractivity contribution in [3.8, 4) is 0 Å². The first-order valence-electron chi connectivity index (χ1n) is 19.9. The molecule has 4 aliphatic rings. The molecule has 0 radical (unpaired) electrons. The molecule has 0 unspecified atom stereocenters. The molecule has 1 aromatic rings. The number of alkyl carbamates (subject to hydrolysis) is 1. The number of carbonyl (C=O) groups excluding carboxylic acids is 5. The van der Waals surface area contributed by atoms with Gasteiger partial charge in [0, 0.05) is 19.5 Å². The van der Waals surface area contributed by atoms with Crippen molar-refractivity contribution in [1.82, 2.24) is 25.2 Å². The number of likely N-dealkylation sites (tertiary alicyclic amines) is 1. The number of nitrogens with zero attached hydrogens (tertiary/aromatic N) is 2. The van der Waals surface area contributed by atoms with Crippen molar-refractivity contribution in [2.45, 2.75) is 135 Å². The van der Waals surface area contributed by atoms with Gasteiger partial charge in [-0.3, -0.25) is 28.8 Å². The highest BCUT2D eigenvalue weighted by Gasteiger charge is 2.62. The molecule has 312 valence electrons. The molecule has 2 aliphatic carbocycles. The first kappa shape index (κ1) is 43.4. The number of ketones is 1. The highest BCUT2D eigenvalue weighted by molar-refractivity contribution is 7.91. The molecule has 16 heteroatoms. The summed E-state index contributed by atoms with van der Waals surface area (Å²) in [6, 6.07) is 3.65. The maximum Gasteiger partial charge on any atom is 0.407 e. The minimum Gasteiger partial charge on any atom is -0.465 e. The molecule has 2 heterocycles. The number of fused-ring (bicyclic) bond motifs is 1. The zero-order chi connectivity index (χ0) is 41.7. The van der Waals surface area contributed by atoms with Crippen LogP contribution in [0.15, 0.2) is 35.9 Å². The van der Waals surface area contributed by atoms with E-state index in [9.17, 15) is 42.3 Å². The number of allylic oxidation sites excluding steroid dienone is 3. The molecule has 2 aliphatic heterocycles. The van der Waals surface area contributed by atoms with Crippen molar-refractivity contribution in [1.29, 1.82) is 0 Å². The third-order valence-corrected chi connectivity index (χ3v) is 13.1. The number of carbonyl (C=O) groups is 6. The van der Waals surface area contributed by atoms with Crippen LogP contribution in [0.25, 0.3) is 6.08 Å². The lowest BCUT2D eigenvalue weighted by molar-refractivity contribution is -0.141. The molecule has 5 amide bonds. The third kappa shape index (κ3) is 11.0. The maximum atomic E-state index is 14.1. The van der Waals surface area contributed by atoms with Gasteiger partial charge in [0.25, 0.3) is 5.91 Å². The van der Waals surface area contributed by atoms with Gasteiger partial charge in [0.2, 0.25) is 21.8 Å². The Bertz CT molecular complexity index is 1920. The third-order valence-electron chi connectivity index (χ3n) is 11.3. The van der Waals surface area contributed by atoms with Crippen LogP contribution >= 0.6 is 0 Å². The average molecular weight is 812 g/mol. The monoisotopic (exact) mass is 811 g/mol. The number of ether oxygens (including phenoxy) is 1. The predicted octanol–water partition coefficient (Wildman–Crippen LogP) is 4.79. The molecular weight excluding hydrogens is 755 g/mol. The number of nitrogens with one attached hydrogen (secondary N) is 3. The second-order valence-corrected chi connectivity index (χ2v) is 18.8. The van der Waals surface area contributed by atoms with Gasteiger partial charge >= 0.3 is 12.2 Å². The summed E-state index contributed by atoms with van der Waals surface area (Å²) < 4.78 is 32.9. The van der Waals surface area contributed by atoms with Crippen molar-refractivity contribution >= 4 is 51.8 Å². The number of hydrogen-bond acceptors (Lipinski definition) is 9. The Morgan fingerprint density at radius 1 is 1.09 bits per heavy atom. The van der Waals surface area contributed by atoms with Gasteiger partial charge < -0.3 is 25.4 Å². The van der Waals surface area contributed by atoms with Gasteiger partial charge in [-0.05, 0) is 99.3 Å². The minimum absolute atomic E-state index is 0.0343. The molecular formula is C41H57N5O10S. The Morgan fingerprint density at radius 2 is 1.82 bits per heavy atom. The zero-order valence-corrected chi connectivity index (χ0v) is 34.4. The van der Waals surface area contributed by atoms with Crippen LogP contribution in [-0.2, 0) is 47.0 Å². The van der Waals surface area contributed by atoms with Gasteiger partial charge in [-0.25, -0.2) is 18.0 Å². The Balaban J connectivity index is 1.19. The summed E-state index contributed by atoms with van der Waals surface area (Å²) in [5, 5.41) is 14.2. The number of hydrogen-bond donors (Lipinski definition) is 4. The van der Waals surface area contributed by atoms with Gasteiger partial charge in [-0.1, -0.05) is 63.1 Å². The normalized spacial score (nSPS) is 22.1. The van der Waals surface area contributed by atoms with Crippen molar-refractivity contribution in [3.63, 3.8) is 0 Å². The van der Waals surface area contributed by atoms with Crippen LogP contribution in [0.5, 0.6) is 0 Å². The van der Waals surface area contributed by atoms with Crippen LogP contribution in [0.2, 0.25) is 0 Å². The molecule has 4 N–H and O–H groups in total. The molecule has 1 saturated heterocycles. The molecule has 0 spiro atoms. The summed E-state index contributed by atoms with van der Waals surface area (Å²) in [6.07, 6.45) is 7.46. The molecule has 0 bridgehead atoms. The van der Waals surface area contributed by atoms with E-state index in [0.717, 1.165) is 22.3 Å². The number of benzene rings is 1. The molecule has 2 saturated carbocycles. The largest absolute Gasteiger partial charge is 0.465 e. The Morgan fingerprint density at radius 3 is 2.47 bits per heavy atom. The van der Waals surface area contributed by atoms with Crippen molar-refractivity contribution < 1.29 is 47.0 Å². The number of sulfonamides is 1. The fourth-order valence-electron chi connectivity index (χ4n) is 7.68. The first-order chi connectivity index (χ1) is 26.9. The van der Waals surface area contributed by atoms with E-state index in [-0.39, 0.29) is 44.1 Å². The van der Waals surface area contributed by atoms with E-state index in [1.807, 2.05) is 51.1 Å². The highest BCUT2D eigenvalue weighted by atomic mass is 32.2. The number of rotatable bonds is 18. The number of carboxylic acid groups (broad SMARTS) is 1. The minimum atomic E-state index is -3.84. The molecule has 0 aromatic heterocycles. The fraction of sp³-hybridized carbons (Fsp3) is 0.610. The average Bonchev–Trinajstić information content (AvgIpc) is 4.02. The smallest absolute Gasteiger partial charge is 0.407 e. The quantitative estimate of drug-likeness (QED) is 0.149. The van der Waals surface area contributed by atoms with E-state index in [2.05, 4.69) is 15.4 Å². The van der Waals surface area contributed by atoms with Crippen LogP contribution in [-0.4, -0.2) is 95.0 Å². The van der Waals surface area contributed by atoms with E-state index >= 15 is 0 Å². The number of amides is 5. The molecule has 1 aromatic carbocycles. The van der Waals surface area contributed by atoms with Crippen molar-refractivity contribution in [3.05, 3.63) is 52.6 Å². The summed E-state index contributed by atoms with van der Waals surface area (Å²) in [6.45, 7) is 10.3. The van der Waals surface area contributed by atoms with Crippen LogP contribution in [0.4, 0.5) is 9.59 Å². The van der Waals surface area contributed by atoms with E-state index in [1.54, 1.807) is 13.8 Å². The van der Waals surface area contributed by atoms with Crippen LogP contribution in [0.3, 0.4) is 0 Å². The molecule has 3 fully saturated rings. The standard InChI is InChI=1S/C41H57N5O10S/c1-6-29-22-41(29,37(50)44-57(54,55)31-16-17-31)43-35(48)34-14-10-20-46(34)36(49)33(18-15-30(47)21-26(2)3)42-38(51)56-25-40(4,5)19-8-7-11-27-12-9-13-28-23-45(39(52)53)24-32(27)28/h7,9,11-13,21,29,31,33-34H,6,8,10,14-20,22-25H2,1-5H3,(H,42,51)(H,43,48)(H,44,50)(H,52,53)/b11-7+/t29-,33+,34+,41-/m1/s1. The van der Waals surface area contributed by atoms with Crippen molar-refractivity contribution in [2.75, 3.05) is 13.2 Å². The Kier molecular flexibility index (Phi) is 13.6. The van der Waals surface area contributed by atoms with Crippen LogP contribution < -0.4 is 15.4 Å². The summed E-state index contributed by atoms with van der Waals surface area (Å²) in [4.78, 5) is 81.2. The zero-order valence-electron chi connectivity index (χ0n) is 33.6. The SMILES string of the molecule is CC[C@@H]1C[C@]1(NC(=O)[C@@H]1CCCN1C(=O)[C@H](CCC(=O)C=C(C)C)NC(=O)OCC(C)(C)CC/C=C/c1cccc2c1CN(C(=O)O)C2)C(=O)NS(=O)(=O)C1CC1.